The van der Waals surface area contributed by atoms with Gasteiger partial charge >= 0.3 is 6.03 Å². The van der Waals surface area contributed by atoms with Gasteiger partial charge in [-0.3, -0.25) is 4.90 Å². The minimum atomic E-state index is -0.372. The maximum absolute atomic E-state index is 11.5. The van der Waals surface area contributed by atoms with E-state index >= 15 is 0 Å². The average Bonchev–Trinajstić information content (AvgIpc) is 3.01. The number of ether oxygens (including phenoxy) is 1. The van der Waals surface area contributed by atoms with Gasteiger partial charge in [-0.05, 0) is 49.8 Å². The zero-order valence-electron chi connectivity index (χ0n) is 12.1. The molecule has 21 heavy (non-hydrogen) atoms. The predicted octanol–water partition coefficient (Wildman–Crippen LogP) is 2.25. The minimum absolute atomic E-state index is 0.160. The molecule has 1 spiro atoms. The quantitative estimate of drug-likeness (QED) is 0.876. The first-order chi connectivity index (χ1) is 10.2. The maximum Gasteiger partial charge on any atom is 0.319 e. The highest BCUT2D eigenvalue weighted by atomic mass is 16.5. The van der Waals surface area contributed by atoms with Crippen LogP contribution in [0.15, 0.2) is 18.2 Å². The summed E-state index contributed by atoms with van der Waals surface area (Å²) >= 11 is 0. The number of carbonyl (C=O) groups is 1. The van der Waals surface area contributed by atoms with Crippen LogP contribution < -0.4 is 16.0 Å². The molecule has 1 unspecified atom stereocenters. The summed E-state index contributed by atoms with van der Waals surface area (Å²) in [5, 5.41) is 3.55. The third-order valence-corrected chi connectivity index (χ3v) is 5.09. The van der Waals surface area contributed by atoms with E-state index in [1.54, 1.807) is 4.90 Å². The van der Waals surface area contributed by atoms with Gasteiger partial charge in [0.1, 0.15) is 0 Å². The summed E-state index contributed by atoms with van der Waals surface area (Å²) < 4.78 is 5.97. The van der Waals surface area contributed by atoms with Crippen LogP contribution in [0.25, 0.3) is 0 Å². The number of urea groups is 1. The van der Waals surface area contributed by atoms with Crippen LogP contribution in [0, 0.1) is 0 Å². The standard InChI is InChI=1S/C16H21N3O2/c17-15(20)19-7-4-11-2-3-12(8-14(11)19)18-13-9-16(21-10-13)5-1-6-16/h2-3,8,13,18H,1,4-7,9-10H2,(H2,17,20). The molecule has 1 saturated heterocycles. The number of primary amides is 1. The van der Waals surface area contributed by atoms with Crippen molar-refractivity contribution in [3.63, 3.8) is 0 Å². The lowest BCUT2D eigenvalue weighted by molar-refractivity contribution is -0.0562. The molecule has 112 valence electrons. The van der Waals surface area contributed by atoms with Crippen LogP contribution in [0.3, 0.4) is 0 Å². The largest absolute Gasteiger partial charge is 0.380 e. The lowest BCUT2D eigenvalue weighted by atomic mass is 9.77. The Morgan fingerprint density at radius 2 is 2.29 bits per heavy atom. The van der Waals surface area contributed by atoms with E-state index in [0.717, 1.165) is 30.8 Å². The number of fused-ring (bicyclic) bond motifs is 1. The number of amides is 2. The number of anilines is 2. The molecule has 2 fully saturated rings. The van der Waals surface area contributed by atoms with E-state index < -0.39 is 0 Å². The fraction of sp³-hybridized carbons (Fsp3) is 0.562. The molecule has 3 N–H and O–H groups in total. The van der Waals surface area contributed by atoms with Crippen molar-refractivity contribution in [1.82, 2.24) is 0 Å². The smallest absolute Gasteiger partial charge is 0.319 e. The molecule has 0 radical (unpaired) electrons. The van der Waals surface area contributed by atoms with Crippen LogP contribution in [0.4, 0.5) is 16.2 Å². The predicted molar refractivity (Wildman–Crippen MR) is 81.6 cm³/mol. The summed E-state index contributed by atoms with van der Waals surface area (Å²) in [6, 6.07) is 6.22. The number of carbonyl (C=O) groups excluding carboxylic acids is 1. The van der Waals surface area contributed by atoms with E-state index in [1.165, 1.54) is 24.8 Å². The number of nitrogens with two attached hydrogens (primary N) is 1. The fourth-order valence-corrected chi connectivity index (χ4v) is 3.79. The van der Waals surface area contributed by atoms with Gasteiger partial charge in [0.2, 0.25) is 0 Å². The Hall–Kier alpha value is -1.75. The van der Waals surface area contributed by atoms with Crippen molar-refractivity contribution >= 4 is 17.4 Å². The molecule has 3 aliphatic rings. The number of rotatable bonds is 2. The molecule has 1 saturated carbocycles. The Morgan fingerprint density at radius 1 is 1.43 bits per heavy atom. The molecule has 0 aromatic heterocycles. The second-order valence-corrected chi connectivity index (χ2v) is 6.48. The highest BCUT2D eigenvalue weighted by Crippen LogP contribution is 2.44. The normalized spacial score (nSPS) is 25.7. The first kappa shape index (κ1) is 13.0. The molecule has 0 bridgehead atoms. The van der Waals surface area contributed by atoms with E-state index in [1.807, 2.05) is 6.07 Å². The number of nitrogens with zero attached hydrogens (tertiary/aromatic N) is 1. The van der Waals surface area contributed by atoms with Gasteiger partial charge in [-0.1, -0.05) is 6.07 Å². The summed E-state index contributed by atoms with van der Waals surface area (Å²) in [5.74, 6) is 0. The summed E-state index contributed by atoms with van der Waals surface area (Å²) in [7, 11) is 0. The molecule has 2 aliphatic heterocycles. The zero-order valence-corrected chi connectivity index (χ0v) is 12.1. The second kappa shape index (κ2) is 4.63. The Morgan fingerprint density at radius 3 is 2.95 bits per heavy atom. The molecular weight excluding hydrogens is 266 g/mol. The summed E-state index contributed by atoms with van der Waals surface area (Å²) in [6.45, 7) is 1.46. The van der Waals surface area contributed by atoms with Gasteiger partial charge in [0.25, 0.3) is 0 Å². The van der Waals surface area contributed by atoms with E-state index in [2.05, 4.69) is 17.4 Å². The molecule has 1 atom stereocenters. The topological polar surface area (TPSA) is 67.6 Å². The SMILES string of the molecule is NC(=O)N1CCc2ccc(NC3COC4(CCC4)C3)cc21. The van der Waals surface area contributed by atoms with Gasteiger partial charge < -0.3 is 15.8 Å². The Balaban J connectivity index is 1.49. The molecule has 5 nitrogen and oxygen atoms in total. The Kier molecular flexibility index (Phi) is 2.85. The van der Waals surface area contributed by atoms with E-state index in [0.29, 0.717) is 12.6 Å². The average molecular weight is 287 g/mol. The van der Waals surface area contributed by atoms with Gasteiger partial charge in [0.15, 0.2) is 0 Å². The van der Waals surface area contributed by atoms with Crippen molar-refractivity contribution in [1.29, 1.82) is 0 Å². The summed E-state index contributed by atoms with van der Waals surface area (Å²) in [4.78, 5) is 13.1. The lowest BCUT2D eigenvalue weighted by Gasteiger charge is -2.37. The van der Waals surface area contributed by atoms with Crippen LogP contribution >= 0.6 is 0 Å². The van der Waals surface area contributed by atoms with Crippen molar-refractivity contribution in [3.05, 3.63) is 23.8 Å². The first-order valence-electron chi connectivity index (χ1n) is 7.76. The highest BCUT2D eigenvalue weighted by molar-refractivity contribution is 5.93. The fourth-order valence-electron chi connectivity index (χ4n) is 3.79. The van der Waals surface area contributed by atoms with Gasteiger partial charge in [0, 0.05) is 12.2 Å². The molecule has 5 heteroatoms. The van der Waals surface area contributed by atoms with Gasteiger partial charge in [-0.2, -0.15) is 0 Å². The van der Waals surface area contributed by atoms with Crippen molar-refractivity contribution in [2.75, 3.05) is 23.4 Å². The number of nitrogens with one attached hydrogen (secondary N) is 1. The number of benzene rings is 1. The highest BCUT2D eigenvalue weighted by Gasteiger charge is 2.45. The van der Waals surface area contributed by atoms with Gasteiger partial charge in [-0.15, -0.1) is 0 Å². The number of hydrogen-bond acceptors (Lipinski definition) is 3. The molecular formula is C16H21N3O2. The molecule has 2 amide bonds. The van der Waals surface area contributed by atoms with Crippen molar-refractivity contribution in [3.8, 4) is 0 Å². The van der Waals surface area contributed by atoms with Gasteiger partial charge in [0.05, 0.1) is 23.9 Å². The summed E-state index contributed by atoms with van der Waals surface area (Å²) in [5.41, 5.74) is 8.78. The second-order valence-electron chi connectivity index (χ2n) is 6.48. The van der Waals surface area contributed by atoms with Crippen LogP contribution in [0.5, 0.6) is 0 Å². The van der Waals surface area contributed by atoms with E-state index in [-0.39, 0.29) is 11.6 Å². The van der Waals surface area contributed by atoms with Gasteiger partial charge in [-0.25, -0.2) is 4.79 Å². The molecule has 1 aromatic rings. The van der Waals surface area contributed by atoms with E-state index in [4.69, 9.17) is 10.5 Å². The van der Waals surface area contributed by atoms with Crippen LogP contribution in [-0.2, 0) is 11.2 Å². The molecule has 1 aromatic carbocycles. The van der Waals surface area contributed by atoms with Crippen LogP contribution in [-0.4, -0.2) is 30.8 Å². The zero-order chi connectivity index (χ0) is 14.4. The minimum Gasteiger partial charge on any atom is -0.380 e. The third-order valence-electron chi connectivity index (χ3n) is 5.09. The van der Waals surface area contributed by atoms with Crippen molar-refractivity contribution in [2.24, 2.45) is 5.73 Å². The lowest BCUT2D eigenvalue weighted by Crippen LogP contribution is -2.36. The summed E-state index contributed by atoms with van der Waals surface area (Å²) in [6.07, 6.45) is 5.66. The van der Waals surface area contributed by atoms with Crippen LogP contribution in [0.1, 0.15) is 31.2 Å². The molecule has 1 aliphatic carbocycles. The number of hydrogen-bond donors (Lipinski definition) is 2. The maximum atomic E-state index is 11.5. The van der Waals surface area contributed by atoms with Crippen molar-refractivity contribution < 1.29 is 9.53 Å². The molecule has 4 rings (SSSR count). The van der Waals surface area contributed by atoms with Crippen LogP contribution in [0.2, 0.25) is 0 Å². The third kappa shape index (κ3) is 2.16. The first-order valence-corrected chi connectivity index (χ1v) is 7.76. The van der Waals surface area contributed by atoms with Crippen molar-refractivity contribution in [2.45, 2.75) is 43.7 Å². The molecule has 2 heterocycles. The Labute approximate surface area is 124 Å². The van der Waals surface area contributed by atoms with E-state index in [9.17, 15) is 4.79 Å². The monoisotopic (exact) mass is 287 g/mol. The Bertz CT molecular complexity index is 583.